The first kappa shape index (κ1) is 22.1. The van der Waals surface area contributed by atoms with Crippen LogP contribution in [0.15, 0.2) is 24.3 Å². The first-order valence-corrected chi connectivity index (χ1v) is 11.9. The molecule has 4 rings (SSSR count). The number of fused-ring (bicyclic) bond motifs is 1. The minimum atomic E-state index is -0.489. The van der Waals surface area contributed by atoms with E-state index in [2.05, 4.69) is 16.0 Å². The van der Waals surface area contributed by atoms with Crippen LogP contribution in [0.2, 0.25) is 0 Å². The van der Waals surface area contributed by atoms with E-state index in [1.165, 1.54) is 23.7 Å². The van der Waals surface area contributed by atoms with Crippen LogP contribution in [0.25, 0.3) is 0 Å². The summed E-state index contributed by atoms with van der Waals surface area (Å²) in [7, 11) is 3.23. The molecule has 9 heteroatoms. The molecular formula is C22H31N5O3S. The summed E-state index contributed by atoms with van der Waals surface area (Å²) in [4.78, 5) is 40.9. The van der Waals surface area contributed by atoms with Crippen LogP contribution in [0, 0.1) is 12.8 Å². The number of hydrogen-bond acceptors (Lipinski definition) is 6. The number of urea groups is 1. The molecule has 0 aromatic heterocycles. The van der Waals surface area contributed by atoms with E-state index in [-0.39, 0.29) is 41.2 Å². The molecule has 1 aromatic rings. The first-order chi connectivity index (χ1) is 14.9. The van der Waals surface area contributed by atoms with Gasteiger partial charge in [-0.05, 0) is 30.9 Å². The van der Waals surface area contributed by atoms with Crippen molar-refractivity contribution < 1.29 is 14.4 Å². The van der Waals surface area contributed by atoms with Crippen molar-refractivity contribution in [2.24, 2.45) is 5.92 Å². The molecule has 3 N–H and O–H groups in total. The highest BCUT2D eigenvalue weighted by molar-refractivity contribution is 8.00. The molecule has 31 heavy (non-hydrogen) atoms. The summed E-state index contributed by atoms with van der Waals surface area (Å²) in [5, 5.41) is 9.79. The molecule has 4 amide bonds. The Morgan fingerprint density at radius 1 is 1.16 bits per heavy atom. The maximum Gasteiger partial charge on any atom is 0.327 e. The molecular weight excluding hydrogens is 414 g/mol. The molecule has 2 saturated heterocycles. The number of rotatable bonds is 5. The van der Waals surface area contributed by atoms with E-state index < -0.39 is 12.1 Å². The third-order valence-corrected chi connectivity index (χ3v) is 7.79. The smallest absolute Gasteiger partial charge is 0.327 e. The Balaban J connectivity index is 1.54. The standard InChI is InChI=1S/C22H31N5O3S/c1-13-8-4-7-11-15(13)18-24-19-17(21(29)27(3)22(30)26(19)2)20(25-18)31-12-16(28)23-14-9-5-6-10-14/h4,7-8,11,14,17-20,24-25H,5-6,9-10,12H2,1-3H3,(H,23,28). The number of carbonyl (C=O) groups is 3. The normalized spacial score (nSPS) is 29.3. The molecule has 2 heterocycles. The Hall–Kier alpha value is -2.10. The van der Waals surface area contributed by atoms with Crippen molar-refractivity contribution in [3.63, 3.8) is 0 Å². The Kier molecular flexibility index (Phi) is 6.55. The highest BCUT2D eigenvalue weighted by Crippen LogP contribution is 2.35. The molecule has 1 aliphatic carbocycles. The Morgan fingerprint density at radius 3 is 2.58 bits per heavy atom. The number of benzene rings is 1. The van der Waals surface area contributed by atoms with Gasteiger partial charge in [0.25, 0.3) is 0 Å². The Morgan fingerprint density at radius 2 is 1.87 bits per heavy atom. The van der Waals surface area contributed by atoms with Crippen LogP contribution in [-0.4, -0.2) is 65.1 Å². The summed E-state index contributed by atoms with van der Waals surface area (Å²) in [6, 6.07) is 7.98. The molecule has 1 saturated carbocycles. The predicted molar refractivity (Wildman–Crippen MR) is 120 cm³/mol. The number of nitrogens with one attached hydrogen (secondary N) is 3. The predicted octanol–water partition coefficient (Wildman–Crippen LogP) is 1.77. The van der Waals surface area contributed by atoms with Crippen molar-refractivity contribution in [3.05, 3.63) is 35.4 Å². The number of aryl methyl sites for hydroxylation is 1. The molecule has 1 aromatic carbocycles. The molecule has 0 spiro atoms. The lowest BCUT2D eigenvalue weighted by Gasteiger charge is -2.50. The van der Waals surface area contributed by atoms with Crippen molar-refractivity contribution in [3.8, 4) is 0 Å². The van der Waals surface area contributed by atoms with Crippen molar-refractivity contribution in [2.75, 3.05) is 19.8 Å². The van der Waals surface area contributed by atoms with Gasteiger partial charge in [-0.15, -0.1) is 11.8 Å². The Labute approximate surface area is 187 Å². The number of thioether (sulfide) groups is 1. The van der Waals surface area contributed by atoms with Crippen molar-refractivity contribution in [2.45, 2.75) is 56.4 Å². The molecule has 0 radical (unpaired) electrons. The molecule has 8 nitrogen and oxygen atoms in total. The first-order valence-electron chi connectivity index (χ1n) is 10.9. The fourth-order valence-electron chi connectivity index (χ4n) is 4.79. The second-order valence-corrected chi connectivity index (χ2v) is 9.79. The lowest BCUT2D eigenvalue weighted by molar-refractivity contribution is -0.140. The van der Waals surface area contributed by atoms with Gasteiger partial charge in [0.1, 0.15) is 0 Å². The molecule has 4 atom stereocenters. The van der Waals surface area contributed by atoms with Gasteiger partial charge in [-0.1, -0.05) is 37.1 Å². The fraction of sp³-hybridized carbons (Fsp3) is 0.591. The van der Waals surface area contributed by atoms with Crippen molar-refractivity contribution >= 4 is 29.6 Å². The van der Waals surface area contributed by atoms with Crippen LogP contribution in [-0.2, 0) is 9.59 Å². The third kappa shape index (κ3) is 4.44. The summed E-state index contributed by atoms with van der Waals surface area (Å²) < 4.78 is 0. The lowest BCUT2D eigenvalue weighted by Crippen LogP contribution is -2.72. The molecule has 0 bridgehead atoms. The lowest BCUT2D eigenvalue weighted by atomic mass is 9.95. The molecule has 4 unspecified atom stereocenters. The monoisotopic (exact) mass is 445 g/mol. The van der Waals surface area contributed by atoms with E-state index in [0.717, 1.165) is 36.8 Å². The van der Waals surface area contributed by atoms with Gasteiger partial charge in [-0.3, -0.25) is 25.1 Å². The average Bonchev–Trinajstić information content (AvgIpc) is 3.27. The maximum absolute atomic E-state index is 13.0. The number of hydrogen-bond donors (Lipinski definition) is 3. The number of carbonyl (C=O) groups excluding carboxylic acids is 3. The van der Waals surface area contributed by atoms with Crippen molar-refractivity contribution in [1.82, 2.24) is 25.8 Å². The van der Waals surface area contributed by atoms with E-state index in [4.69, 9.17) is 0 Å². The van der Waals surface area contributed by atoms with Crippen molar-refractivity contribution in [1.29, 1.82) is 0 Å². The van der Waals surface area contributed by atoms with Gasteiger partial charge in [-0.25, -0.2) is 4.79 Å². The van der Waals surface area contributed by atoms with Gasteiger partial charge in [0.2, 0.25) is 11.8 Å². The highest BCUT2D eigenvalue weighted by Gasteiger charge is 2.51. The van der Waals surface area contributed by atoms with Gasteiger partial charge >= 0.3 is 6.03 Å². The number of nitrogens with zero attached hydrogens (tertiary/aromatic N) is 2. The fourth-order valence-corrected chi connectivity index (χ4v) is 5.91. The zero-order valence-corrected chi connectivity index (χ0v) is 19.1. The van der Waals surface area contributed by atoms with Crippen LogP contribution in [0.4, 0.5) is 4.79 Å². The van der Waals surface area contributed by atoms with Gasteiger partial charge in [0, 0.05) is 20.1 Å². The van der Waals surface area contributed by atoms with Crippen LogP contribution in [0.1, 0.15) is 43.0 Å². The third-order valence-electron chi connectivity index (χ3n) is 6.57. The minimum absolute atomic E-state index is 0.00210. The summed E-state index contributed by atoms with van der Waals surface area (Å²) >= 11 is 1.44. The quantitative estimate of drug-likeness (QED) is 0.640. The molecule has 3 aliphatic rings. The second kappa shape index (κ2) is 9.18. The van der Waals surface area contributed by atoms with Gasteiger partial charge in [0.15, 0.2) is 0 Å². The zero-order chi connectivity index (χ0) is 22.1. The topological polar surface area (TPSA) is 93.8 Å². The largest absolute Gasteiger partial charge is 0.353 e. The van der Waals surface area contributed by atoms with E-state index >= 15 is 0 Å². The van der Waals surface area contributed by atoms with Gasteiger partial charge < -0.3 is 10.2 Å². The summed E-state index contributed by atoms with van der Waals surface area (Å²) in [5.74, 6) is -0.448. The maximum atomic E-state index is 13.0. The van der Waals surface area contributed by atoms with E-state index in [1.807, 2.05) is 31.2 Å². The molecule has 2 aliphatic heterocycles. The zero-order valence-electron chi connectivity index (χ0n) is 18.3. The number of amides is 4. The van der Waals surface area contributed by atoms with Gasteiger partial charge in [-0.2, -0.15) is 0 Å². The van der Waals surface area contributed by atoms with E-state index in [0.29, 0.717) is 0 Å². The average molecular weight is 446 g/mol. The minimum Gasteiger partial charge on any atom is -0.353 e. The molecule has 168 valence electrons. The van der Waals surface area contributed by atoms with E-state index in [9.17, 15) is 14.4 Å². The van der Waals surface area contributed by atoms with Crippen LogP contribution >= 0.6 is 11.8 Å². The SMILES string of the molecule is Cc1ccccc1C1NC(SCC(=O)NC2CCCC2)C2C(=O)N(C)C(=O)N(C)C2N1. The van der Waals surface area contributed by atoms with Gasteiger partial charge in [0.05, 0.1) is 29.4 Å². The summed E-state index contributed by atoms with van der Waals surface area (Å²) in [6.45, 7) is 2.04. The number of imide groups is 1. The van der Waals surface area contributed by atoms with Crippen LogP contribution in [0.3, 0.4) is 0 Å². The summed E-state index contributed by atoms with van der Waals surface area (Å²) in [5.41, 5.74) is 2.18. The van der Waals surface area contributed by atoms with Crippen LogP contribution < -0.4 is 16.0 Å². The highest BCUT2D eigenvalue weighted by atomic mass is 32.2. The Bertz CT molecular complexity index is 859. The van der Waals surface area contributed by atoms with E-state index in [1.54, 1.807) is 11.9 Å². The second-order valence-electron chi connectivity index (χ2n) is 8.66. The van der Waals surface area contributed by atoms with Crippen LogP contribution in [0.5, 0.6) is 0 Å². The molecule has 3 fully saturated rings. The summed E-state index contributed by atoms with van der Waals surface area (Å²) in [6.07, 6.45) is 3.73.